The molecule has 1 amide bonds. The number of aliphatic hydroxyl groups excluding tert-OH is 1. The van der Waals surface area contributed by atoms with Crippen LogP contribution < -0.4 is 5.32 Å². The molecule has 0 bridgehead atoms. The van der Waals surface area contributed by atoms with E-state index in [-0.39, 0.29) is 11.9 Å². The molecule has 2 atom stereocenters. The molecule has 1 fully saturated rings. The molecule has 1 aliphatic rings. The lowest BCUT2D eigenvalue weighted by Gasteiger charge is -2.28. The van der Waals surface area contributed by atoms with Crippen molar-refractivity contribution in [3.8, 4) is 11.1 Å². The molecule has 0 unspecified atom stereocenters. The summed E-state index contributed by atoms with van der Waals surface area (Å²) in [4.78, 5) is 13.0. The highest BCUT2D eigenvalue weighted by molar-refractivity contribution is 6.05. The number of para-hydroxylation sites is 1. The summed E-state index contributed by atoms with van der Waals surface area (Å²) in [6.07, 6.45) is 6.91. The van der Waals surface area contributed by atoms with Crippen molar-refractivity contribution in [2.45, 2.75) is 44.4 Å². The molecule has 0 saturated heterocycles. The Morgan fingerprint density at radius 1 is 1.09 bits per heavy atom. The lowest BCUT2D eigenvalue weighted by atomic mass is 9.92. The molecular formula is C25H27N5O2. The number of carbonyl (C=O) groups is 1. The Balaban J connectivity index is 1.39. The molecule has 32 heavy (non-hydrogen) atoms. The van der Waals surface area contributed by atoms with Gasteiger partial charge in [-0.25, -0.2) is 0 Å². The predicted molar refractivity (Wildman–Crippen MR) is 123 cm³/mol. The molecular weight excluding hydrogens is 402 g/mol. The minimum Gasteiger partial charge on any atom is -0.391 e. The Hall–Kier alpha value is -3.45. The monoisotopic (exact) mass is 429 g/mol. The van der Waals surface area contributed by atoms with Gasteiger partial charge >= 0.3 is 0 Å². The highest BCUT2D eigenvalue weighted by Gasteiger charge is 2.26. The smallest absolute Gasteiger partial charge is 0.272 e. The number of fused-ring (bicyclic) bond motifs is 1. The average Bonchev–Trinajstić information content (AvgIpc) is 3.40. The van der Waals surface area contributed by atoms with Gasteiger partial charge in [-0.15, -0.1) is 0 Å². The zero-order chi connectivity index (χ0) is 22.1. The molecule has 2 N–H and O–H groups in total. The van der Waals surface area contributed by atoms with Gasteiger partial charge in [0.05, 0.1) is 30.4 Å². The molecule has 0 radical (unpaired) electrons. The van der Waals surface area contributed by atoms with E-state index in [9.17, 15) is 9.90 Å². The van der Waals surface area contributed by atoms with Gasteiger partial charge < -0.3 is 10.4 Å². The highest BCUT2D eigenvalue weighted by atomic mass is 16.3. The average molecular weight is 430 g/mol. The van der Waals surface area contributed by atoms with E-state index in [2.05, 4.69) is 39.8 Å². The fraction of sp³-hybridized carbons (Fsp3) is 0.320. The molecule has 5 rings (SSSR count). The van der Waals surface area contributed by atoms with E-state index < -0.39 is 6.10 Å². The fourth-order valence-corrected chi connectivity index (χ4v) is 4.48. The van der Waals surface area contributed by atoms with Crippen LogP contribution in [0.4, 0.5) is 0 Å². The van der Waals surface area contributed by atoms with Crippen molar-refractivity contribution in [1.82, 2.24) is 24.9 Å². The minimum absolute atomic E-state index is 0.208. The molecule has 0 aliphatic heterocycles. The topological polar surface area (TPSA) is 85.0 Å². The van der Waals surface area contributed by atoms with Gasteiger partial charge in [0.15, 0.2) is 5.69 Å². The standard InChI is InChI=1S/C25H27N5O2/c1-29-16-19(14-26-29)18-12-10-17(11-13-18)15-30-22-8-4-2-6-20(22)24(28-30)25(32)27-21-7-3-5-9-23(21)31/h2,4,6,8,10-14,16,21,23,31H,3,5,7,9,15H2,1H3,(H,27,32)/t21-,23-/m0/s1. The van der Waals surface area contributed by atoms with Crippen LogP contribution in [0, 0.1) is 0 Å². The Kier molecular flexibility index (Phi) is 5.49. The van der Waals surface area contributed by atoms with E-state index in [1.54, 1.807) is 4.68 Å². The zero-order valence-electron chi connectivity index (χ0n) is 18.1. The number of nitrogens with one attached hydrogen (secondary N) is 1. The van der Waals surface area contributed by atoms with E-state index in [4.69, 9.17) is 0 Å². The number of benzene rings is 2. The first-order valence-electron chi connectivity index (χ1n) is 11.1. The first-order chi connectivity index (χ1) is 15.6. The Labute approximate surface area is 186 Å². The molecule has 7 heteroatoms. The second-order valence-electron chi connectivity index (χ2n) is 8.55. The summed E-state index contributed by atoms with van der Waals surface area (Å²) in [6, 6.07) is 15.9. The van der Waals surface area contributed by atoms with Crippen LogP contribution in [0.25, 0.3) is 22.0 Å². The maximum absolute atomic E-state index is 13.0. The van der Waals surface area contributed by atoms with E-state index in [0.29, 0.717) is 12.2 Å². The van der Waals surface area contributed by atoms with Crippen LogP contribution in [0.1, 0.15) is 41.7 Å². The second kappa shape index (κ2) is 8.59. The second-order valence-corrected chi connectivity index (χ2v) is 8.55. The molecule has 4 aromatic rings. The molecule has 2 heterocycles. The summed E-state index contributed by atoms with van der Waals surface area (Å²) in [5.74, 6) is -0.224. The van der Waals surface area contributed by atoms with E-state index in [1.807, 2.05) is 48.4 Å². The van der Waals surface area contributed by atoms with Crippen molar-refractivity contribution in [2.75, 3.05) is 0 Å². The molecule has 2 aromatic heterocycles. The van der Waals surface area contributed by atoms with Crippen molar-refractivity contribution in [1.29, 1.82) is 0 Å². The number of carbonyl (C=O) groups excluding carboxylic acids is 1. The minimum atomic E-state index is -0.487. The number of hydrogen-bond acceptors (Lipinski definition) is 4. The summed E-state index contributed by atoms with van der Waals surface area (Å²) in [5, 5.41) is 23.0. The summed E-state index contributed by atoms with van der Waals surface area (Å²) < 4.78 is 3.67. The van der Waals surface area contributed by atoms with E-state index in [0.717, 1.165) is 53.3 Å². The Morgan fingerprint density at radius 2 is 1.88 bits per heavy atom. The molecule has 1 aliphatic carbocycles. The lowest BCUT2D eigenvalue weighted by Crippen LogP contribution is -2.45. The van der Waals surface area contributed by atoms with Crippen LogP contribution in [-0.4, -0.2) is 42.7 Å². The summed E-state index contributed by atoms with van der Waals surface area (Å²) in [5.41, 5.74) is 4.61. The maximum atomic E-state index is 13.0. The van der Waals surface area contributed by atoms with Gasteiger partial charge in [-0.1, -0.05) is 55.3 Å². The van der Waals surface area contributed by atoms with Crippen LogP contribution in [0.5, 0.6) is 0 Å². The molecule has 164 valence electrons. The van der Waals surface area contributed by atoms with Gasteiger partial charge in [0.25, 0.3) is 5.91 Å². The first kappa shape index (κ1) is 20.5. The van der Waals surface area contributed by atoms with Crippen molar-refractivity contribution >= 4 is 16.8 Å². The van der Waals surface area contributed by atoms with Crippen molar-refractivity contribution in [3.63, 3.8) is 0 Å². The largest absolute Gasteiger partial charge is 0.391 e. The fourth-order valence-electron chi connectivity index (χ4n) is 4.48. The maximum Gasteiger partial charge on any atom is 0.272 e. The Bertz CT molecular complexity index is 1240. The summed E-state index contributed by atoms with van der Waals surface area (Å²) >= 11 is 0. The number of nitrogens with zero attached hydrogens (tertiary/aromatic N) is 4. The summed E-state index contributed by atoms with van der Waals surface area (Å²) in [6.45, 7) is 0.563. The first-order valence-corrected chi connectivity index (χ1v) is 11.1. The van der Waals surface area contributed by atoms with Crippen molar-refractivity contribution in [3.05, 3.63) is 72.2 Å². The van der Waals surface area contributed by atoms with Crippen LogP contribution in [-0.2, 0) is 13.6 Å². The SMILES string of the molecule is Cn1cc(-c2ccc(Cn3nc(C(=O)N[C@H]4CCCC[C@@H]4O)c4ccccc43)cc2)cn1. The number of amides is 1. The molecule has 2 aromatic carbocycles. The number of aromatic nitrogens is 4. The van der Waals surface area contributed by atoms with Crippen LogP contribution >= 0.6 is 0 Å². The van der Waals surface area contributed by atoms with Gasteiger partial charge in [-0.05, 0) is 30.0 Å². The van der Waals surface area contributed by atoms with Gasteiger partial charge in [-0.3, -0.25) is 14.2 Å². The molecule has 7 nitrogen and oxygen atoms in total. The molecule has 0 spiro atoms. The quantitative estimate of drug-likeness (QED) is 0.508. The van der Waals surface area contributed by atoms with E-state index >= 15 is 0 Å². The number of aryl methyl sites for hydroxylation is 1. The number of aliphatic hydroxyl groups is 1. The third-order valence-corrected chi connectivity index (χ3v) is 6.24. The number of rotatable bonds is 5. The van der Waals surface area contributed by atoms with Gasteiger partial charge in [-0.2, -0.15) is 10.2 Å². The third-order valence-electron chi connectivity index (χ3n) is 6.24. The van der Waals surface area contributed by atoms with Gasteiger partial charge in [0.1, 0.15) is 0 Å². The number of hydrogen-bond donors (Lipinski definition) is 2. The van der Waals surface area contributed by atoms with Crippen molar-refractivity contribution < 1.29 is 9.90 Å². The van der Waals surface area contributed by atoms with Crippen LogP contribution in [0.15, 0.2) is 60.9 Å². The van der Waals surface area contributed by atoms with Gasteiger partial charge in [0.2, 0.25) is 0 Å². The highest BCUT2D eigenvalue weighted by Crippen LogP contribution is 2.23. The third kappa shape index (κ3) is 4.03. The predicted octanol–water partition coefficient (Wildman–Crippen LogP) is 3.52. The van der Waals surface area contributed by atoms with Gasteiger partial charge in [0, 0.05) is 24.2 Å². The van der Waals surface area contributed by atoms with Crippen molar-refractivity contribution in [2.24, 2.45) is 7.05 Å². The zero-order valence-corrected chi connectivity index (χ0v) is 18.1. The molecule has 1 saturated carbocycles. The normalized spacial score (nSPS) is 18.7. The Morgan fingerprint density at radius 3 is 2.62 bits per heavy atom. The summed E-state index contributed by atoms with van der Waals surface area (Å²) in [7, 11) is 1.91. The van der Waals surface area contributed by atoms with Crippen LogP contribution in [0.3, 0.4) is 0 Å². The van der Waals surface area contributed by atoms with Crippen LogP contribution in [0.2, 0.25) is 0 Å². The van der Waals surface area contributed by atoms with E-state index in [1.165, 1.54) is 0 Å². The lowest BCUT2D eigenvalue weighted by molar-refractivity contribution is 0.0714.